The van der Waals surface area contributed by atoms with E-state index in [0.717, 1.165) is 0 Å². The summed E-state index contributed by atoms with van der Waals surface area (Å²) in [5, 5.41) is -0.428. The summed E-state index contributed by atoms with van der Waals surface area (Å²) in [5.74, 6) is -0.932. The van der Waals surface area contributed by atoms with Gasteiger partial charge in [0.25, 0.3) is 5.16 Å². The molecule has 0 spiro atoms. The lowest BCUT2D eigenvalue weighted by Gasteiger charge is -1.99. The van der Waals surface area contributed by atoms with Crippen LogP contribution in [0.1, 0.15) is 20.7 Å². The maximum atomic E-state index is 11.8. The smallest absolute Gasteiger partial charge is 0.328 e. The second-order valence-electron chi connectivity index (χ2n) is 4.76. The molecule has 0 bridgehead atoms. The molecule has 0 aliphatic heterocycles. The minimum absolute atomic E-state index is 0.427. The third-order valence-electron chi connectivity index (χ3n) is 3.00. The molecule has 2 aromatic carbocycles. The van der Waals surface area contributed by atoms with Crippen LogP contribution in [0.3, 0.4) is 0 Å². The molecule has 25 heavy (non-hydrogen) atoms. The average Bonchev–Trinajstić information content (AvgIpc) is 3.18. The number of ketones is 2. The van der Waals surface area contributed by atoms with E-state index >= 15 is 0 Å². The van der Waals surface area contributed by atoms with Crippen LogP contribution in [0.15, 0.2) is 78.2 Å². The van der Waals surface area contributed by atoms with Crippen molar-refractivity contribution in [2.75, 3.05) is 0 Å². The second-order valence-corrected chi connectivity index (χ2v) is 6.10. The highest BCUT2D eigenvalue weighted by Gasteiger charge is 2.17. The monoisotopic (exact) mass is 358 g/mol. The van der Waals surface area contributed by atoms with Gasteiger partial charge in [0, 0.05) is 23.5 Å². The number of aromatic amines is 1. The molecule has 0 saturated carbocycles. The fraction of sp³-hybridized carbons (Fsp3) is 0. The van der Waals surface area contributed by atoms with Crippen LogP contribution in [0.5, 0.6) is 0 Å². The summed E-state index contributed by atoms with van der Waals surface area (Å²) in [4.78, 5) is 29.1. The Labute approximate surface area is 144 Å². The van der Waals surface area contributed by atoms with E-state index in [-0.39, 0.29) is 0 Å². The molecule has 2 N–H and O–H groups in total. The maximum absolute atomic E-state index is 11.8. The molecule has 0 fully saturated rings. The van der Waals surface area contributed by atoms with Crippen LogP contribution in [-0.2, 0) is 10.1 Å². The fourth-order valence-corrected chi connectivity index (χ4v) is 2.24. The number of nitrogens with one attached hydrogen (secondary N) is 1. The lowest BCUT2D eigenvalue weighted by Crippen LogP contribution is -2.14. The van der Waals surface area contributed by atoms with Gasteiger partial charge in [0.15, 0.2) is 0 Å². The van der Waals surface area contributed by atoms with Gasteiger partial charge in [-0.05, 0) is 0 Å². The van der Waals surface area contributed by atoms with Gasteiger partial charge >= 0.3 is 10.1 Å². The van der Waals surface area contributed by atoms with E-state index in [4.69, 9.17) is 4.55 Å². The number of H-pyrrole nitrogens is 1. The van der Waals surface area contributed by atoms with Crippen molar-refractivity contribution in [3.05, 3.63) is 84.2 Å². The minimum atomic E-state index is -4.13. The number of hydrogen-bond donors (Lipinski definition) is 2. The molecule has 1 aromatic heterocycles. The molecular formula is C17H14N2O5S. The Bertz CT molecular complexity index is 888. The Morgan fingerprint density at radius 3 is 1.56 bits per heavy atom. The molecular weight excluding hydrogens is 344 g/mol. The van der Waals surface area contributed by atoms with Crippen molar-refractivity contribution in [2.45, 2.75) is 5.16 Å². The number of imidazole rings is 1. The number of carbonyl (C=O) groups is 2. The number of benzene rings is 2. The van der Waals surface area contributed by atoms with Crippen molar-refractivity contribution < 1.29 is 22.6 Å². The SMILES string of the molecule is O=C(C(=O)c1ccccc1)c1ccccc1.O=S(=O)(O)c1ncc[nH]1. The van der Waals surface area contributed by atoms with Crippen LogP contribution >= 0.6 is 0 Å². The number of aromatic nitrogens is 2. The lowest BCUT2D eigenvalue weighted by molar-refractivity contribution is 0.0817. The van der Waals surface area contributed by atoms with Crippen LogP contribution in [0, 0.1) is 0 Å². The largest absolute Gasteiger partial charge is 0.334 e. The van der Waals surface area contributed by atoms with E-state index in [0.29, 0.717) is 11.1 Å². The molecule has 0 unspecified atom stereocenters. The van der Waals surface area contributed by atoms with E-state index < -0.39 is 26.8 Å². The quantitative estimate of drug-likeness (QED) is 0.420. The Morgan fingerprint density at radius 1 is 0.840 bits per heavy atom. The molecule has 0 amide bonds. The van der Waals surface area contributed by atoms with Crippen molar-refractivity contribution >= 4 is 21.7 Å². The first kappa shape index (κ1) is 18.2. The first-order valence-corrected chi connectivity index (χ1v) is 8.49. The van der Waals surface area contributed by atoms with Gasteiger partial charge in [0.05, 0.1) is 0 Å². The highest BCUT2D eigenvalue weighted by Crippen LogP contribution is 2.07. The fourth-order valence-electron chi connectivity index (χ4n) is 1.83. The van der Waals surface area contributed by atoms with Crippen LogP contribution < -0.4 is 0 Å². The molecule has 0 radical (unpaired) electrons. The first-order chi connectivity index (χ1) is 11.9. The predicted molar refractivity (Wildman–Crippen MR) is 89.9 cm³/mol. The Kier molecular flexibility index (Phi) is 5.93. The highest BCUT2D eigenvalue weighted by atomic mass is 32.2. The Hall–Kier alpha value is -3.10. The van der Waals surface area contributed by atoms with Crippen molar-refractivity contribution in [1.29, 1.82) is 0 Å². The standard InChI is InChI=1S/C14H10O2.C3H4N2O3S/c15-13(11-7-3-1-4-8-11)14(16)12-9-5-2-6-10-12;6-9(7,8)3-4-1-2-5-3/h1-10H;1-2H,(H,4,5)(H,6,7,8). The van der Waals surface area contributed by atoms with E-state index in [1.807, 2.05) is 12.1 Å². The number of nitrogens with zero attached hydrogens (tertiary/aromatic N) is 1. The van der Waals surface area contributed by atoms with E-state index in [9.17, 15) is 18.0 Å². The van der Waals surface area contributed by atoms with E-state index in [1.165, 1.54) is 12.4 Å². The van der Waals surface area contributed by atoms with Gasteiger partial charge in [0.1, 0.15) is 0 Å². The minimum Gasteiger partial charge on any atom is -0.334 e. The highest BCUT2D eigenvalue weighted by molar-refractivity contribution is 7.85. The van der Waals surface area contributed by atoms with Gasteiger partial charge in [-0.2, -0.15) is 8.42 Å². The lowest BCUT2D eigenvalue weighted by atomic mass is 10.0. The molecule has 0 aliphatic carbocycles. The number of hydrogen-bond acceptors (Lipinski definition) is 5. The van der Waals surface area contributed by atoms with Crippen molar-refractivity contribution in [3.8, 4) is 0 Å². The second kappa shape index (κ2) is 8.13. The van der Waals surface area contributed by atoms with Crippen molar-refractivity contribution in [3.63, 3.8) is 0 Å². The van der Waals surface area contributed by atoms with Crippen molar-refractivity contribution in [1.82, 2.24) is 9.97 Å². The summed E-state index contributed by atoms with van der Waals surface area (Å²) < 4.78 is 28.6. The molecule has 0 saturated heterocycles. The summed E-state index contributed by atoms with van der Waals surface area (Å²) >= 11 is 0. The molecule has 1 heterocycles. The van der Waals surface area contributed by atoms with Gasteiger partial charge in [-0.15, -0.1) is 0 Å². The summed E-state index contributed by atoms with van der Waals surface area (Å²) in [7, 11) is -4.13. The van der Waals surface area contributed by atoms with Gasteiger partial charge in [-0.25, -0.2) is 4.98 Å². The zero-order valence-electron chi connectivity index (χ0n) is 12.9. The zero-order valence-corrected chi connectivity index (χ0v) is 13.7. The topological polar surface area (TPSA) is 117 Å². The number of Topliss-reactive ketones (excluding diaryl/α,β-unsaturated/α-hetero) is 2. The van der Waals surface area contributed by atoms with E-state index in [2.05, 4.69) is 9.97 Å². The summed E-state index contributed by atoms with van der Waals surface area (Å²) in [6.45, 7) is 0. The van der Waals surface area contributed by atoms with Gasteiger partial charge in [-0.1, -0.05) is 60.7 Å². The Balaban J connectivity index is 0.000000212. The Morgan fingerprint density at radius 2 is 1.28 bits per heavy atom. The summed E-state index contributed by atoms with van der Waals surface area (Å²) in [6, 6.07) is 17.2. The maximum Gasteiger partial charge on any atom is 0.328 e. The van der Waals surface area contributed by atoms with Crippen LogP contribution in [-0.4, -0.2) is 34.5 Å². The molecule has 3 rings (SSSR count). The molecule has 0 aliphatic rings. The van der Waals surface area contributed by atoms with Gasteiger partial charge in [0.2, 0.25) is 11.6 Å². The average molecular weight is 358 g/mol. The third-order valence-corrected chi connectivity index (χ3v) is 3.71. The summed E-state index contributed by atoms with van der Waals surface area (Å²) in [6.07, 6.45) is 2.55. The van der Waals surface area contributed by atoms with Crippen LogP contribution in [0.2, 0.25) is 0 Å². The zero-order chi connectivity index (χ0) is 18.3. The van der Waals surface area contributed by atoms with Crippen LogP contribution in [0.25, 0.3) is 0 Å². The number of carbonyl (C=O) groups excluding carboxylic acids is 2. The predicted octanol–water partition coefficient (Wildman–Crippen LogP) is 2.41. The third kappa shape index (κ3) is 5.20. The first-order valence-electron chi connectivity index (χ1n) is 7.05. The molecule has 0 atom stereocenters. The van der Waals surface area contributed by atoms with Gasteiger partial charge in [-0.3, -0.25) is 14.1 Å². The molecule has 7 nitrogen and oxygen atoms in total. The molecule has 128 valence electrons. The molecule has 3 aromatic rings. The molecule has 8 heteroatoms. The number of rotatable bonds is 4. The van der Waals surface area contributed by atoms with Crippen molar-refractivity contribution in [2.24, 2.45) is 0 Å². The normalized spacial score (nSPS) is 10.4. The summed E-state index contributed by atoms with van der Waals surface area (Å²) in [5.41, 5.74) is 0.854. The van der Waals surface area contributed by atoms with E-state index in [1.54, 1.807) is 48.5 Å². The van der Waals surface area contributed by atoms with Crippen LogP contribution in [0.4, 0.5) is 0 Å². The van der Waals surface area contributed by atoms with Gasteiger partial charge < -0.3 is 4.98 Å².